The molecule has 0 amide bonds. The Hall–Kier alpha value is -1.17. The molecule has 1 rings (SSSR count). The molecule has 0 fully saturated rings. The number of benzene rings is 1. The number of aliphatic hydroxyl groups is 1. The van der Waals surface area contributed by atoms with Gasteiger partial charge in [-0.1, -0.05) is 30.3 Å². The van der Waals surface area contributed by atoms with E-state index in [1.165, 1.54) is 0 Å². The minimum Gasteiger partial charge on any atom is -0.387 e. The fraction of sp³-hybridized carbons (Fsp3) is 0.385. The van der Waals surface area contributed by atoms with Crippen LogP contribution in [0.1, 0.15) is 23.7 Å². The summed E-state index contributed by atoms with van der Waals surface area (Å²) in [5.74, 6) is -0.00298. The lowest BCUT2D eigenvalue weighted by Gasteiger charge is -2.14. The molecule has 0 bridgehead atoms. The predicted molar refractivity (Wildman–Crippen MR) is 72.7 cm³/mol. The van der Waals surface area contributed by atoms with Gasteiger partial charge < -0.3 is 5.11 Å². The maximum Gasteiger partial charge on any atom is 0.211 e. The van der Waals surface area contributed by atoms with Gasteiger partial charge in [0.25, 0.3) is 0 Å². The van der Waals surface area contributed by atoms with Crippen molar-refractivity contribution in [3.63, 3.8) is 0 Å². The second-order valence-corrected chi connectivity index (χ2v) is 6.04. The highest BCUT2D eigenvalue weighted by atomic mass is 32.2. The number of sulfonamides is 1. The summed E-state index contributed by atoms with van der Waals surface area (Å²) in [6.07, 6.45) is 1.12. The van der Waals surface area contributed by atoms with Crippen LogP contribution in [0.25, 0.3) is 0 Å². The molecule has 5 heteroatoms. The first-order valence-electron chi connectivity index (χ1n) is 5.78. The SMILES string of the molecule is C=CCCS(=O)(=O)NCC(O)c1ccccc1C. The number of hydrogen-bond acceptors (Lipinski definition) is 3. The topological polar surface area (TPSA) is 66.4 Å². The molecule has 0 aliphatic rings. The molecule has 0 spiro atoms. The van der Waals surface area contributed by atoms with Gasteiger partial charge in [-0.15, -0.1) is 6.58 Å². The summed E-state index contributed by atoms with van der Waals surface area (Å²) in [6.45, 7) is 5.35. The summed E-state index contributed by atoms with van der Waals surface area (Å²) in [5.41, 5.74) is 1.68. The smallest absolute Gasteiger partial charge is 0.211 e. The van der Waals surface area contributed by atoms with Gasteiger partial charge in [0.1, 0.15) is 0 Å². The lowest BCUT2D eigenvalue weighted by Crippen LogP contribution is -2.30. The molecule has 0 radical (unpaired) electrons. The van der Waals surface area contributed by atoms with Gasteiger partial charge in [-0.05, 0) is 24.5 Å². The zero-order valence-corrected chi connectivity index (χ0v) is 11.3. The third kappa shape index (κ3) is 4.60. The van der Waals surface area contributed by atoms with Crippen molar-refractivity contribution in [2.75, 3.05) is 12.3 Å². The van der Waals surface area contributed by atoms with E-state index in [2.05, 4.69) is 11.3 Å². The molecule has 0 saturated heterocycles. The second kappa shape index (κ2) is 6.68. The van der Waals surface area contributed by atoms with Gasteiger partial charge in [0, 0.05) is 6.54 Å². The van der Waals surface area contributed by atoms with Gasteiger partial charge in [-0.25, -0.2) is 13.1 Å². The van der Waals surface area contributed by atoms with Crippen molar-refractivity contribution in [3.8, 4) is 0 Å². The Balaban J connectivity index is 2.59. The molecule has 1 aromatic rings. The summed E-state index contributed by atoms with van der Waals surface area (Å²) in [4.78, 5) is 0. The van der Waals surface area contributed by atoms with E-state index in [0.29, 0.717) is 6.42 Å². The third-order valence-corrected chi connectivity index (χ3v) is 4.01. The number of hydrogen-bond donors (Lipinski definition) is 2. The highest BCUT2D eigenvalue weighted by Crippen LogP contribution is 2.16. The first-order chi connectivity index (χ1) is 8.46. The van der Waals surface area contributed by atoms with Crippen molar-refractivity contribution in [1.82, 2.24) is 4.72 Å². The molecule has 1 aromatic carbocycles. The summed E-state index contributed by atoms with van der Waals surface area (Å²) < 4.78 is 25.5. The van der Waals surface area contributed by atoms with Crippen LogP contribution in [0.15, 0.2) is 36.9 Å². The van der Waals surface area contributed by atoms with E-state index in [9.17, 15) is 13.5 Å². The largest absolute Gasteiger partial charge is 0.387 e. The normalized spacial score (nSPS) is 13.2. The first-order valence-corrected chi connectivity index (χ1v) is 7.43. The van der Waals surface area contributed by atoms with Crippen molar-refractivity contribution in [1.29, 1.82) is 0 Å². The lowest BCUT2D eigenvalue weighted by atomic mass is 10.0. The van der Waals surface area contributed by atoms with E-state index >= 15 is 0 Å². The van der Waals surface area contributed by atoms with Crippen LogP contribution >= 0.6 is 0 Å². The Kier molecular flexibility index (Phi) is 5.53. The van der Waals surface area contributed by atoms with E-state index < -0.39 is 16.1 Å². The number of allylic oxidation sites excluding steroid dienone is 1. The molecule has 1 atom stereocenters. The first kappa shape index (κ1) is 14.9. The predicted octanol–water partition coefficient (Wildman–Crippen LogP) is 1.52. The quantitative estimate of drug-likeness (QED) is 0.738. The second-order valence-electron chi connectivity index (χ2n) is 4.12. The summed E-state index contributed by atoms with van der Waals surface area (Å²) in [7, 11) is -3.34. The fourth-order valence-corrected chi connectivity index (χ4v) is 2.62. The molecule has 0 aromatic heterocycles. The molecule has 18 heavy (non-hydrogen) atoms. The molecule has 1 unspecified atom stereocenters. The highest BCUT2D eigenvalue weighted by Gasteiger charge is 2.14. The highest BCUT2D eigenvalue weighted by molar-refractivity contribution is 7.89. The van der Waals surface area contributed by atoms with Crippen LogP contribution in [-0.2, 0) is 10.0 Å². The van der Waals surface area contributed by atoms with Crippen LogP contribution in [0, 0.1) is 6.92 Å². The molecule has 100 valence electrons. The van der Waals surface area contributed by atoms with Crippen molar-refractivity contribution >= 4 is 10.0 Å². The van der Waals surface area contributed by atoms with Crippen LogP contribution in [0.2, 0.25) is 0 Å². The van der Waals surface area contributed by atoms with Crippen molar-refractivity contribution in [2.24, 2.45) is 0 Å². The van der Waals surface area contributed by atoms with Crippen LogP contribution in [0.5, 0.6) is 0 Å². The Morgan fingerprint density at radius 1 is 1.44 bits per heavy atom. The van der Waals surface area contributed by atoms with Gasteiger partial charge in [-0.2, -0.15) is 0 Å². The summed E-state index contributed by atoms with van der Waals surface area (Å²) in [5, 5.41) is 9.94. The maximum atomic E-state index is 11.5. The van der Waals surface area contributed by atoms with Gasteiger partial charge in [0.15, 0.2) is 0 Å². The molecular weight excluding hydrogens is 250 g/mol. The minimum atomic E-state index is -3.34. The fourth-order valence-electron chi connectivity index (χ4n) is 1.59. The zero-order valence-electron chi connectivity index (χ0n) is 10.5. The van der Waals surface area contributed by atoms with Gasteiger partial charge in [-0.3, -0.25) is 0 Å². The number of nitrogens with one attached hydrogen (secondary N) is 1. The van der Waals surface area contributed by atoms with E-state index in [0.717, 1.165) is 11.1 Å². The minimum absolute atomic E-state index is 0.00298. The van der Waals surface area contributed by atoms with Crippen LogP contribution in [0.4, 0.5) is 0 Å². The van der Waals surface area contributed by atoms with Crippen LogP contribution < -0.4 is 4.72 Å². The van der Waals surface area contributed by atoms with Gasteiger partial charge in [0.2, 0.25) is 10.0 Å². The zero-order chi connectivity index (χ0) is 13.6. The number of aryl methyl sites for hydroxylation is 1. The van der Waals surface area contributed by atoms with E-state index in [1.54, 1.807) is 12.1 Å². The molecule has 0 saturated carbocycles. The molecule has 0 aliphatic heterocycles. The van der Waals surface area contributed by atoms with E-state index in [-0.39, 0.29) is 12.3 Å². The molecular formula is C13H19NO3S. The Morgan fingerprint density at radius 3 is 2.72 bits per heavy atom. The summed E-state index contributed by atoms with van der Waals surface area (Å²) >= 11 is 0. The van der Waals surface area contributed by atoms with Gasteiger partial charge in [0.05, 0.1) is 11.9 Å². The molecule has 0 aliphatic carbocycles. The number of rotatable bonds is 7. The monoisotopic (exact) mass is 269 g/mol. The van der Waals surface area contributed by atoms with E-state index in [1.807, 2.05) is 25.1 Å². The standard InChI is InChI=1S/C13H19NO3S/c1-3-4-9-18(16,17)14-10-13(15)12-8-6-5-7-11(12)2/h3,5-8,13-15H,1,4,9-10H2,2H3. The Bertz CT molecular complexity index is 497. The third-order valence-electron chi connectivity index (χ3n) is 2.63. The Labute approximate surface area is 108 Å². The van der Waals surface area contributed by atoms with Crippen LogP contribution in [-0.4, -0.2) is 25.8 Å². The molecule has 0 heterocycles. The number of aliphatic hydroxyl groups excluding tert-OH is 1. The average molecular weight is 269 g/mol. The average Bonchev–Trinajstić information content (AvgIpc) is 2.34. The van der Waals surface area contributed by atoms with Crippen molar-refractivity contribution in [3.05, 3.63) is 48.0 Å². The van der Waals surface area contributed by atoms with Crippen molar-refractivity contribution < 1.29 is 13.5 Å². The summed E-state index contributed by atoms with van der Waals surface area (Å²) in [6, 6.07) is 7.36. The van der Waals surface area contributed by atoms with Gasteiger partial charge >= 0.3 is 0 Å². The van der Waals surface area contributed by atoms with Crippen molar-refractivity contribution in [2.45, 2.75) is 19.4 Å². The van der Waals surface area contributed by atoms with E-state index in [4.69, 9.17) is 0 Å². The van der Waals surface area contributed by atoms with Crippen LogP contribution in [0.3, 0.4) is 0 Å². The Morgan fingerprint density at radius 2 is 2.11 bits per heavy atom. The lowest BCUT2D eigenvalue weighted by molar-refractivity contribution is 0.181. The molecule has 2 N–H and O–H groups in total. The molecule has 4 nitrogen and oxygen atoms in total. The maximum absolute atomic E-state index is 11.5.